The van der Waals surface area contributed by atoms with Gasteiger partial charge >= 0.3 is 5.97 Å². The molecule has 2 rings (SSSR count). The Morgan fingerprint density at radius 1 is 1.42 bits per heavy atom. The van der Waals surface area contributed by atoms with Crippen molar-refractivity contribution in [3.63, 3.8) is 0 Å². The van der Waals surface area contributed by atoms with E-state index in [1.165, 1.54) is 5.56 Å². The van der Waals surface area contributed by atoms with Gasteiger partial charge in [0.25, 0.3) is 0 Å². The van der Waals surface area contributed by atoms with Crippen molar-refractivity contribution in [2.45, 2.75) is 38.5 Å². The van der Waals surface area contributed by atoms with E-state index in [1.807, 2.05) is 25.1 Å². The summed E-state index contributed by atoms with van der Waals surface area (Å²) in [6.45, 7) is 4.02. The lowest BCUT2D eigenvalue weighted by Gasteiger charge is -2.39. The van der Waals surface area contributed by atoms with E-state index in [-0.39, 0.29) is 11.3 Å². The van der Waals surface area contributed by atoms with Gasteiger partial charge < -0.3 is 5.11 Å². The number of carboxylic acids is 1. The van der Waals surface area contributed by atoms with Gasteiger partial charge in [-0.05, 0) is 30.7 Å². The summed E-state index contributed by atoms with van der Waals surface area (Å²) in [6, 6.07) is 10.4. The maximum Gasteiger partial charge on any atom is 0.306 e. The van der Waals surface area contributed by atoms with Crippen LogP contribution in [0.25, 0.3) is 0 Å². The zero-order chi connectivity index (χ0) is 13.9. The molecule has 1 aromatic rings. The van der Waals surface area contributed by atoms with Crippen LogP contribution in [0.5, 0.6) is 0 Å². The van der Waals surface area contributed by atoms with Crippen molar-refractivity contribution in [2.75, 3.05) is 0 Å². The summed E-state index contributed by atoms with van der Waals surface area (Å²) in [7, 11) is 0. The Balaban J connectivity index is 2.34. The van der Waals surface area contributed by atoms with Gasteiger partial charge in [0.2, 0.25) is 0 Å². The van der Waals surface area contributed by atoms with Crippen LogP contribution >= 0.6 is 0 Å². The van der Waals surface area contributed by atoms with Crippen molar-refractivity contribution in [3.05, 3.63) is 48.0 Å². The van der Waals surface area contributed by atoms with Crippen molar-refractivity contribution in [1.29, 1.82) is 0 Å². The number of hydrogen-bond acceptors (Lipinski definition) is 1. The highest BCUT2D eigenvalue weighted by atomic mass is 16.4. The predicted molar refractivity (Wildman–Crippen MR) is 77.1 cm³/mol. The zero-order valence-electron chi connectivity index (χ0n) is 11.7. The van der Waals surface area contributed by atoms with E-state index < -0.39 is 5.97 Å². The predicted octanol–water partition coefficient (Wildman–Crippen LogP) is 4.02. The fourth-order valence-electron chi connectivity index (χ4n) is 3.28. The molecule has 0 fully saturated rings. The van der Waals surface area contributed by atoms with Crippen molar-refractivity contribution >= 4 is 5.97 Å². The monoisotopic (exact) mass is 258 g/mol. The number of hydrogen-bond donors (Lipinski definition) is 1. The van der Waals surface area contributed by atoms with E-state index >= 15 is 0 Å². The van der Waals surface area contributed by atoms with Gasteiger partial charge in [0.15, 0.2) is 0 Å². The molecule has 0 saturated carbocycles. The smallest absolute Gasteiger partial charge is 0.306 e. The largest absolute Gasteiger partial charge is 0.481 e. The third-order valence-electron chi connectivity index (χ3n) is 4.19. The summed E-state index contributed by atoms with van der Waals surface area (Å²) in [5, 5.41) is 9.22. The highest BCUT2D eigenvalue weighted by Crippen LogP contribution is 2.43. The van der Waals surface area contributed by atoms with Gasteiger partial charge in [0.1, 0.15) is 0 Å². The minimum atomic E-state index is -0.697. The SMILES string of the molecule is CC1C=CCC(CC(C)C(=O)O)(c2ccccc2)C1. The molecule has 0 spiro atoms. The molecular weight excluding hydrogens is 236 g/mol. The van der Waals surface area contributed by atoms with Crippen molar-refractivity contribution in [1.82, 2.24) is 0 Å². The summed E-state index contributed by atoms with van der Waals surface area (Å²) >= 11 is 0. The summed E-state index contributed by atoms with van der Waals surface area (Å²) in [5.41, 5.74) is 1.26. The molecule has 2 nitrogen and oxygen atoms in total. The molecule has 0 saturated heterocycles. The van der Waals surface area contributed by atoms with Crippen LogP contribution in [0.4, 0.5) is 0 Å². The molecule has 3 unspecified atom stereocenters. The first-order valence-electron chi connectivity index (χ1n) is 6.98. The second kappa shape index (κ2) is 5.60. The number of rotatable bonds is 4. The molecule has 0 bridgehead atoms. The van der Waals surface area contributed by atoms with Gasteiger partial charge in [-0.3, -0.25) is 4.79 Å². The van der Waals surface area contributed by atoms with Crippen LogP contribution < -0.4 is 0 Å². The molecule has 0 aromatic heterocycles. The van der Waals surface area contributed by atoms with Crippen molar-refractivity contribution in [2.24, 2.45) is 11.8 Å². The fourth-order valence-corrected chi connectivity index (χ4v) is 3.28. The number of allylic oxidation sites excluding steroid dienone is 2. The Bertz CT molecular complexity index is 463. The third kappa shape index (κ3) is 3.06. The number of carboxylic acid groups (broad SMARTS) is 1. The molecule has 1 aromatic carbocycles. The Morgan fingerprint density at radius 3 is 2.68 bits per heavy atom. The average Bonchev–Trinajstić information content (AvgIpc) is 2.39. The number of carbonyl (C=O) groups is 1. The Hall–Kier alpha value is -1.57. The van der Waals surface area contributed by atoms with E-state index in [4.69, 9.17) is 0 Å². The van der Waals surface area contributed by atoms with Gasteiger partial charge in [-0.25, -0.2) is 0 Å². The Morgan fingerprint density at radius 2 is 2.11 bits per heavy atom. The Kier molecular flexibility index (Phi) is 4.08. The van der Waals surface area contributed by atoms with E-state index in [0.29, 0.717) is 12.3 Å². The van der Waals surface area contributed by atoms with E-state index in [0.717, 1.165) is 12.8 Å². The molecule has 1 N–H and O–H groups in total. The normalized spacial score (nSPS) is 28.0. The van der Waals surface area contributed by atoms with E-state index in [1.54, 1.807) is 0 Å². The number of aliphatic carboxylic acids is 1. The van der Waals surface area contributed by atoms with E-state index in [2.05, 4.69) is 31.2 Å². The Labute approximate surface area is 115 Å². The van der Waals surface area contributed by atoms with Crippen LogP contribution in [0.15, 0.2) is 42.5 Å². The molecule has 1 aliphatic rings. The first-order valence-corrected chi connectivity index (χ1v) is 6.98. The van der Waals surface area contributed by atoms with Crippen LogP contribution in [0.1, 0.15) is 38.7 Å². The highest BCUT2D eigenvalue weighted by molar-refractivity contribution is 5.69. The first-order chi connectivity index (χ1) is 9.03. The maximum absolute atomic E-state index is 11.2. The van der Waals surface area contributed by atoms with Crippen molar-refractivity contribution in [3.8, 4) is 0 Å². The quantitative estimate of drug-likeness (QED) is 0.828. The standard InChI is InChI=1S/C17H22O2/c1-13-7-6-10-17(11-13,12-14(2)16(18)19)15-8-4-3-5-9-15/h3-9,13-14H,10-12H2,1-2H3,(H,18,19). The van der Waals surface area contributed by atoms with Crippen LogP contribution in [-0.4, -0.2) is 11.1 Å². The second-order valence-corrected chi connectivity index (χ2v) is 5.90. The molecule has 0 radical (unpaired) electrons. The van der Waals surface area contributed by atoms with Crippen LogP contribution in [-0.2, 0) is 10.2 Å². The topological polar surface area (TPSA) is 37.3 Å². The second-order valence-electron chi connectivity index (χ2n) is 5.90. The van der Waals surface area contributed by atoms with Gasteiger partial charge in [0, 0.05) is 5.41 Å². The lowest BCUT2D eigenvalue weighted by molar-refractivity contribution is -0.141. The van der Waals surface area contributed by atoms with Gasteiger partial charge in [-0.1, -0.05) is 56.3 Å². The lowest BCUT2D eigenvalue weighted by atomic mass is 9.65. The molecule has 0 aliphatic heterocycles. The average molecular weight is 258 g/mol. The third-order valence-corrected chi connectivity index (χ3v) is 4.19. The maximum atomic E-state index is 11.2. The fraction of sp³-hybridized carbons (Fsp3) is 0.471. The van der Waals surface area contributed by atoms with Gasteiger partial charge in [-0.15, -0.1) is 0 Å². The zero-order valence-corrected chi connectivity index (χ0v) is 11.7. The van der Waals surface area contributed by atoms with E-state index in [9.17, 15) is 9.90 Å². The summed E-state index contributed by atoms with van der Waals surface area (Å²) < 4.78 is 0. The van der Waals surface area contributed by atoms with Crippen molar-refractivity contribution < 1.29 is 9.90 Å². The summed E-state index contributed by atoms with van der Waals surface area (Å²) in [6.07, 6.45) is 7.15. The summed E-state index contributed by atoms with van der Waals surface area (Å²) in [4.78, 5) is 11.2. The molecular formula is C17H22O2. The highest BCUT2D eigenvalue weighted by Gasteiger charge is 2.37. The first kappa shape index (κ1) is 13.9. The molecule has 0 amide bonds. The number of benzene rings is 1. The van der Waals surface area contributed by atoms with Gasteiger partial charge in [-0.2, -0.15) is 0 Å². The minimum Gasteiger partial charge on any atom is -0.481 e. The molecule has 3 atom stereocenters. The molecule has 19 heavy (non-hydrogen) atoms. The minimum absolute atomic E-state index is 0.0206. The van der Waals surface area contributed by atoms with Crippen LogP contribution in [0.3, 0.4) is 0 Å². The lowest BCUT2D eigenvalue weighted by Crippen LogP contribution is -2.34. The molecule has 1 aliphatic carbocycles. The molecule has 2 heteroatoms. The van der Waals surface area contributed by atoms with Crippen LogP contribution in [0, 0.1) is 11.8 Å². The molecule has 0 heterocycles. The summed E-state index contributed by atoms with van der Waals surface area (Å²) in [5.74, 6) is -0.494. The molecule has 102 valence electrons. The van der Waals surface area contributed by atoms with Crippen LogP contribution in [0.2, 0.25) is 0 Å². The van der Waals surface area contributed by atoms with Gasteiger partial charge in [0.05, 0.1) is 5.92 Å².